The minimum Gasteiger partial charge on any atom is -0.410 e. The monoisotopic (exact) mass is 393 g/mol. The summed E-state index contributed by atoms with van der Waals surface area (Å²) in [6.45, 7) is 0. The first-order chi connectivity index (χ1) is 11.5. The van der Waals surface area contributed by atoms with Crippen molar-refractivity contribution in [2.24, 2.45) is 4.99 Å². The van der Waals surface area contributed by atoms with Gasteiger partial charge in [0.25, 0.3) is 0 Å². The number of esters is 1. The van der Waals surface area contributed by atoms with Crippen LogP contribution in [0.25, 0.3) is 0 Å². The molecule has 1 fully saturated rings. The van der Waals surface area contributed by atoms with Crippen molar-refractivity contribution < 1.29 is 19.1 Å². The number of carbonyl (C=O) groups excluding carboxylic acids is 3. The summed E-state index contributed by atoms with van der Waals surface area (Å²) in [6, 6.07) is 6.03. The first kappa shape index (κ1) is 16.6. The second-order valence-corrected chi connectivity index (χ2v) is 6.57. The van der Waals surface area contributed by atoms with Gasteiger partial charge >= 0.3 is 5.97 Å². The van der Waals surface area contributed by atoms with Crippen LogP contribution in [-0.2, 0) is 19.1 Å². The number of nitrogens with one attached hydrogen (secondary N) is 2. The van der Waals surface area contributed by atoms with Gasteiger partial charge in [0, 0.05) is 23.0 Å². The van der Waals surface area contributed by atoms with Crippen LogP contribution in [0.2, 0.25) is 0 Å². The molecule has 1 saturated heterocycles. The van der Waals surface area contributed by atoms with E-state index in [2.05, 4.69) is 31.6 Å². The van der Waals surface area contributed by atoms with Gasteiger partial charge in [-0.05, 0) is 37.1 Å². The van der Waals surface area contributed by atoms with Gasteiger partial charge in [0.05, 0.1) is 0 Å². The SMILES string of the molecule is O=C1CC[C@H](C(=O)OC2=N[C@@H](C(=O)Nc3ccc(Br)cc3)CC2)N1. The molecule has 0 aromatic heterocycles. The molecule has 2 heterocycles. The van der Waals surface area contributed by atoms with Crippen molar-refractivity contribution in [1.29, 1.82) is 0 Å². The number of amides is 2. The van der Waals surface area contributed by atoms with Crippen LogP contribution >= 0.6 is 15.9 Å². The Hall–Kier alpha value is -2.22. The molecule has 1 aromatic rings. The van der Waals surface area contributed by atoms with E-state index in [0.717, 1.165) is 4.47 Å². The zero-order chi connectivity index (χ0) is 17.1. The summed E-state index contributed by atoms with van der Waals surface area (Å²) in [4.78, 5) is 39.4. The average Bonchev–Trinajstić information content (AvgIpc) is 3.19. The highest BCUT2D eigenvalue weighted by Gasteiger charge is 2.32. The normalized spacial score (nSPS) is 22.7. The molecule has 2 atom stereocenters. The van der Waals surface area contributed by atoms with Gasteiger partial charge < -0.3 is 15.4 Å². The smallest absolute Gasteiger partial charge is 0.335 e. The third-order valence-electron chi connectivity index (χ3n) is 3.84. The van der Waals surface area contributed by atoms with Crippen LogP contribution in [0.15, 0.2) is 33.7 Å². The van der Waals surface area contributed by atoms with Crippen LogP contribution in [0.1, 0.15) is 25.7 Å². The molecule has 2 amide bonds. The Balaban J connectivity index is 1.54. The van der Waals surface area contributed by atoms with Gasteiger partial charge in [0.15, 0.2) is 5.90 Å². The topological polar surface area (TPSA) is 96.9 Å². The van der Waals surface area contributed by atoms with Crippen molar-refractivity contribution in [3.8, 4) is 0 Å². The molecule has 3 rings (SSSR count). The fraction of sp³-hybridized carbons (Fsp3) is 0.375. The number of hydrogen-bond donors (Lipinski definition) is 2. The number of rotatable bonds is 3. The Kier molecular flexibility index (Phi) is 4.94. The largest absolute Gasteiger partial charge is 0.410 e. The Morgan fingerprint density at radius 3 is 2.62 bits per heavy atom. The Morgan fingerprint density at radius 1 is 1.21 bits per heavy atom. The van der Waals surface area contributed by atoms with Gasteiger partial charge in [0.1, 0.15) is 12.1 Å². The average molecular weight is 394 g/mol. The molecular weight excluding hydrogens is 378 g/mol. The molecule has 2 aliphatic heterocycles. The summed E-state index contributed by atoms with van der Waals surface area (Å²) in [5, 5.41) is 5.33. The molecule has 0 bridgehead atoms. The molecule has 2 N–H and O–H groups in total. The van der Waals surface area contributed by atoms with E-state index in [1.165, 1.54) is 0 Å². The Bertz CT molecular complexity index is 702. The first-order valence-corrected chi connectivity index (χ1v) is 8.45. The molecule has 0 radical (unpaired) electrons. The van der Waals surface area contributed by atoms with E-state index < -0.39 is 18.1 Å². The third-order valence-corrected chi connectivity index (χ3v) is 4.37. The number of nitrogens with zero attached hydrogens (tertiary/aromatic N) is 1. The van der Waals surface area contributed by atoms with E-state index in [-0.39, 0.29) is 17.7 Å². The molecule has 2 aliphatic rings. The van der Waals surface area contributed by atoms with E-state index in [9.17, 15) is 14.4 Å². The van der Waals surface area contributed by atoms with Gasteiger partial charge in [0.2, 0.25) is 11.8 Å². The minimum atomic E-state index is -0.615. The van der Waals surface area contributed by atoms with Gasteiger partial charge in [-0.25, -0.2) is 9.79 Å². The van der Waals surface area contributed by atoms with Crippen molar-refractivity contribution in [2.75, 3.05) is 5.32 Å². The maximum Gasteiger partial charge on any atom is 0.335 e. The minimum absolute atomic E-state index is 0.155. The van der Waals surface area contributed by atoms with Crippen molar-refractivity contribution >= 4 is 45.3 Å². The Labute approximate surface area is 147 Å². The van der Waals surface area contributed by atoms with E-state index in [4.69, 9.17) is 4.74 Å². The van der Waals surface area contributed by atoms with Crippen molar-refractivity contribution in [2.45, 2.75) is 37.8 Å². The van der Waals surface area contributed by atoms with Crippen LogP contribution in [0, 0.1) is 0 Å². The van der Waals surface area contributed by atoms with Crippen LogP contribution in [0.5, 0.6) is 0 Å². The number of anilines is 1. The number of ether oxygens (including phenoxy) is 1. The molecule has 1 aromatic carbocycles. The van der Waals surface area contributed by atoms with Crippen LogP contribution in [0.4, 0.5) is 5.69 Å². The zero-order valence-corrected chi connectivity index (χ0v) is 14.3. The fourth-order valence-corrected chi connectivity index (χ4v) is 2.83. The summed E-state index contributed by atoms with van der Waals surface area (Å²) >= 11 is 3.33. The van der Waals surface area contributed by atoms with Crippen molar-refractivity contribution in [1.82, 2.24) is 5.32 Å². The number of hydrogen-bond acceptors (Lipinski definition) is 5. The maximum atomic E-state index is 12.2. The van der Waals surface area contributed by atoms with Crippen LogP contribution in [-0.4, -0.2) is 35.8 Å². The van der Waals surface area contributed by atoms with Crippen molar-refractivity contribution in [3.05, 3.63) is 28.7 Å². The summed E-state index contributed by atoms with van der Waals surface area (Å²) in [5.41, 5.74) is 0.678. The highest BCUT2D eigenvalue weighted by molar-refractivity contribution is 9.10. The van der Waals surface area contributed by atoms with Gasteiger partial charge in [-0.15, -0.1) is 0 Å². The van der Waals surface area contributed by atoms with E-state index in [1.807, 2.05) is 12.1 Å². The quantitative estimate of drug-likeness (QED) is 0.764. The van der Waals surface area contributed by atoms with E-state index in [1.54, 1.807) is 12.1 Å². The lowest BCUT2D eigenvalue weighted by Crippen LogP contribution is -2.35. The van der Waals surface area contributed by atoms with Gasteiger partial charge in [-0.3, -0.25) is 9.59 Å². The van der Waals surface area contributed by atoms with Crippen LogP contribution < -0.4 is 10.6 Å². The number of aliphatic imine (C=N–C) groups is 1. The molecule has 7 nitrogen and oxygen atoms in total. The maximum absolute atomic E-state index is 12.2. The summed E-state index contributed by atoms with van der Waals surface area (Å²) in [6.07, 6.45) is 1.66. The first-order valence-electron chi connectivity index (χ1n) is 7.65. The molecular formula is C16H16BrN3O4. The Morgan fingerprint density at radius 2 is 1.96 bits per heavy atom. The lowest BCUT2D eigenvalue weighted by Gasteiger charge is -2.09. The molecule has 8 heteroatoms. The molecule has 0 saturated carbocycles. The zero-order valence-electron chi connectivity index (χ0n) is 12.8. The van der Waals surface area contributed by atoms with Gasteiger partial charge in [-0.1, -0.05) is 15.9 Å². The summed E-state index contributed by atoms with van der Waals surface area (Å²) < 4.78 is 6.12. The summed E-state index contributed by atoms with van der Waals surface area (Å²) in [7, 11) is 0. The molecule has 24 heavy (non-hydrogen) atoms. The standard InChI is InChI=1S/C16H16BrN3O4/c17-9-1-3-10(4-2-9)18-15(22)11-6-8-14(20-11)24-16(23)12-5-7-13(21)19-12/h1-4,11-12H,5-8H2,(H,18,22)(H,19,21)/t11-,12-/m1/s1. The molecule has 0 unspecified atom stereocenters. The molecule has 0 spiro atoms. The molecule has 126 valence electrons. The number of carbonyl (C=O) groups is 3. The second-order valence-electron chi connectivity index (χ2n) is 5.65. The highest BCUT2D eigenvalue weighted by Crippen LogP contribution is 2.19. The second kappa shape index (κ2) is 7.12. The fourth-order valence-electron chi connectivity index (χ4n) is 2.57. The lowest BCUT2D eigenvalue weighted by molar-refractivity contribution is -0.138. The number of benzene rings is 1. The predicted octanol–water partition coefficient (Wildman–Crippen LogP) is 1.77. The van der Waals surface area contributed by atoms with E-state index >= 15 is 0 Å². The predicted molar refractivity (Wildman–Crippen MR) is 90.5 cm³/mol. The van der Waals surface area contributed by atoms with Gasteiger partial charge in [-0.2, -0.15) is 0 Å². The molecule has 0 aliphatic carbocycles. The highest BCUT2D eigenvalue weighted by atomic mass is 79.9. The summed E-state index contributed by atoms with van der Waals surface area (Å²) in [5.74, 6) is -0.666. The third kappa shape index (κ3) is 4.00. The van der Waals surface area contributed by atoms with E-state index in [0.29, 0.717) is 31.4 Å². The number of halogens is 1. The lowest BCUT2D eigenvalue weighted by atomic mass is 10.2. The van der Waals surface area contributed by atoms with Crippen LogP contribution in [0.3, 0.4) is 0 Å². The van der Waals surface area contributed by atoms with Crippen molar-refractivity contribution in [3.63, 3.8) is 0 Å².